The van der Waals surface area contributed by atoms with E-state index >= 15 is 0 Å². The predicted octanol–water partition coefficient (Wildman–Crippen LogP) is 1.24. The van der Waals surface area contributed by atoms with Gasteiger partial charge in [-0.3, -0.25) is 4.79 Å². The van der Waals surface area contributed by atoms with E-state index in [2.05, 4.69) is 10.2 Å². The summed E-state index contributed by atoms with van der Waals surface area (Å²) >= 11 is 1.45. The van der Waals surface area contributed by atoms with Crippen molar-refractivity contribution in [3.63, 3.8) is 0 Å². The third-order valence-corrected chi connectivity index (χ3v) is 2.09. The number of thioether (sulfide) groups is 1. The lowest BCUT2D eigenvalue weighted by molar-refractivity contribution is 0.111. The number of carbonyl (C=O) groups excluding carboxylic acids is 1. The van der Waals surface area contributed by atoms with Crippen molar-refractivity contribution in [3.8, 4) is 5.88 Å². The first-order valence-electron chi connectivity index (χ1n) is 3.21. The van der Waals surface area contributed by atoms with E-state index in [1.54, 1.807) is 11.5 Å². The van der Waals surface area contributed by atoms with Crippen LogP contribution in [-0.2, 0) is 0 Å². The number of hydrogen-bond donors (Lipinski definition) is 0. The fourth-order valence-corrected chi connectivity index (χ4v) is 1.43. The lowest BCUT2D eigenvalue weighted by atomic mass is 10.4. The molecule has 60 valence electrons. The molecular weight excluding hydrogens is 176 g/mol. The molecule has 4 nitrogen and oxygen atoms in total. The molecule has 0 spiro atoms. The largest absolute Gasteiger partial charge is 0.444 e. The normalized spacial score (nSPS) is 13.3. The monoisotopic (exact) mass is 180 g/mol. The molecular formula is C7H4N2O2S. The van der Waals surface area contributed by atoms with Crippen molar-refractivity contribution in [1.82, 2.24) is 10.2 Å². The fraction of sp³-hybridized carbons (Fsp3) is 0. The van der Waals surface area contributed by atoms with Gasteiger partial charge in [-0.25, -0.2) is 0 Å². The number of aromatic nitrogens is 2. The highest BCUT2D eigenvalue weighted by atomic mass is 32.2. The maximum atomic E-state index is 10.3. The Balaban J connectivity index is 2.46. The number of hydrogen-bond acceptors (Lipinski definition) is 5. The van der Waals surface area contributed by atoms with E-state index in [0.29, 0.717) is 17.9 Å². The Morgan fingerprint density at radius 3 is 3.25 bits per heavy atom. The molecule has 0 saturated heterocycles. The zero-order chi connectivity index (χ0) is 8.39. The number of ether oxygens (including phenoxy) is 1. The number of nitrogens with zero attached hydrogens (tertiary/aromatic N) is 2. The van der Waals surface area contributed by atoms with E-state index in [1.165, 1.54) is 18.0 Å². The molecule has 1 aromatic heterocycles. The first kappa shape index (κ1) is 7.30. The molecule has 0 unspecified atom stereocenters. The van der Waals surface area contributed by atoms with Gasteiger partial charge in [0.25, 0.3) is 5.88 Å². The van der Waals surface area contributed by atoms with Crippen LogP contribution in [0.4, 0.5) is 0 Å². The molecule has 0 atom stereocenters. The Kier molecular flexibility index (Phi) is 1.79. The van der Waals surface area contributed by atoms with Gasteiger partial charge >= 0.3 is 0 Å². The highest BCUT2D eigenvalue weighted by Crippen LogP contribution is 2.31. The van der Waals surface area contributed by atoms with Gasteiger partial charge in [-0.1, -0.05) is 11.8 Å². The Bertz CT molecular complexity index is 351. The van der Waals surface area contributed by atoms with Gasteiger partial charge in [-0.05, 0) is 6.07 Å². The number of fused-ring (bicyclic) bond motifs is 1. The topological polar surface area (TPSA) is 52.1 Å². The van der Waals surface area contributed by atoms with Crippen LogP contribution in [0.25, 0.3) is 0 Å². The van der Waals surface area contributed by atoms with Crippen LogP contribution in [0.15, 0.2) is 22.6 Å². The summed E-state index contributed by atoms with van der Waals surface area (Å²) in [5.41, 5.74) is 0.320. The molecule has 1 aromatic rings. The van der Waals surface area contributed by atoms with Gasteiger partial charge < -0.3 is 4.74 Å². The molecule has 0 radical (unpaired) electrons. The summed E-state index contributed by atoms with van der Waals surface area (Å²) in [6, 6.07) is 1.64. The smallest absolute Gasteiger partial charge is 0.252 e. The van der Waals surface area contributed by atoms with Crippen molar-refractivity contribution < 1.29 is 9.53 Å². The summed E-state index contributed by atoms with van der Waals surface area (Å²) in [7, 11) is 0. The molecule has 12 heavy (non-hydrogen) atoms. The van der Waals surface area contributed by atoms with Crippen molar-refractivity contribution >= 4 is 18.0 Å². The van der Waals surface area contributed by atoms with Crippen molar-refractivity contribution in [2.24, 2.45) is 0 Å². The van der Waals surface area contributed by atoms with Crippen molar-refractivity contribution in [2.45, 2.75) is 4.90 Å². The second-order valence-electron chi connectivity index (χ2n) is 2.06. The van der Waals surface area contributed by atoms with E-state index in [1.807, 2.05) is 0 Å². The molecule has 0 bridgehead atoms. The summed E-state index contributed by atoms with van der Waals surface area (Å²) in [6.07, 6.45) is 2.19. The SMILES string of the molecule is O=Cc1cc2c(nn1)OC=CS2. The summed E-state index contributed by atoms with van der Waals surface area (Å²) in [5.74, 6) is 0.452. The van der Waals surface area contributed by atoms with Crippen LogP contribution >= 0.6 is 11.8 Å². The molecule has 0 amide bonds. The molecule has 0 fully saturated rings. The number of aldehydes is 1. The Morgan fingerprint density at radius 2 is 2.42 bits per heavy atom. The summed E-state index contributed by atoms with van der Waals surface area (Å²) in [6.45, 7) is 0. The van der Waals surface area contributed by atoms with Crippen LogP contribution in [0.2, 0.25) is 0 Å². The zero-order valence-corrected chi connectivity index (χ0v) is 6.75. The van der Waals surface area contributed by atoms with Crippen molar-refractivity contribution in [3.05, 3.63) is 23.4 Å². The average molecular weight is 180 g/mol. The first-order chi connectivity index (χ1) is 5.90. The van der Waals surface area contributed by atoms with Gasteiger partial charge in [-0.15, -0.1) is 10.2 Å². The fourth-order valence-electron chi connectivity index (χ4n) is 0.794. The van der Waals surface area contributed by atoms with Crippen LogP contribution in [0.5, 0.6) is 5.88 Å². The minimum atomic E-state index is 0.320. The highest BCUT2D eigenvalue weighted by Gasteiger charge is 2.09. The molecule has 0 N–H and O–H groups in total. The first-order valence-corrected chi connectivity index (χ1v) is 4.09. The predicted molar refractivity (Wildman–Crippen MR) is 43.0 cm³/mol. The highest BCUT2D eigenvalue weighted by molar-refractivity contribution is 8.02. The van der Waals surface area contributed by atoms with Crippen LogP contribution in [0.1, 0.15) is 10.5 Å². The molecule has 1 aliphatic heterocycles. The van der Waals surface area contributed by atoms with Crippen molar-refractivity contribution in [2.75, 3.05) is 0 Å². The Labute approximate surface area is 72.6 Å². The quantitative estimate of drug-likeness (QED) is 0.608. The minimum Gasteiger partial charge on any atom is -0.444 e. The van der Waals surface area contributed by atoms with Gasteiger partial charge in [0.1, 0.15) is 5.69 Å². The van der Waals surface area contributed by atoms with Gasteiger partial charge in [0, 0.05) is 5.41 Å². The van der Waals surface area contributed by atoms with Gasteiger partial charge in [0.2, 0.25) is 0 Å². The maximum absolute atomic E-state index is 10.3. The molecule has 0 aromatic carbocycles. The summed E-state index contributed by atoms with van der Waals surface area (Å²) in [4.78, 5) is 11.1. The van der Waals surface area contributed by atoms with Crippen LogP contribution in [0.3, 0.4) is 0 Å². The average Bonchev–Trinajstić information content (AvgIpc) is 2.17. The minimum absolute atomic E-state index is 0.320. The van der Waals surface area contributed by atoms with Gasteiger partial charge in [-0.2, -0.15) is 0 Å². The van der Waals surface area contributed by atoms with Crippen LogP contribution in [-0.4, -0.2) is 16.5 Å². The third kappa shape index (κ3) is 1.18. The molecule has 2 rings (SSSR count). The van der Waals surface area contributed by atoms with E-state index in [0.717, 1.165) is 4.90 Å². The second-order valence-corrected chi connectivity index (χ2v) is 3.01. The molecule has 1 aliphatic rings. The summed E-state index contributed by atoms with van der Waals surface area (Å²) in [5, 5.41) is 9.11. The molecule has 2 heterocycles. The Morgan fingerprint density at radius 1 is 1.50 bits per heavy atom. The molecule has 5 heteroatoms. The summed E-state index contributed by atoms with van der Waals surface area (Å²) < 4.78 is 5.03. The lowest BCUT2D eigenvalue weighted by Gasteiger charge is -2.07. The van der Waals surface area contributed by atoms with Crippen LogP contribution < -0.4 is 4.74 Å². The van der Waals surface area contributed by atoms with Crippen molar-refractivity contribution in [1.29, 1.82) is 0 Å². The van der Waals surface area contributed by atoms with E-state index in [9.17, 15) is 4.79 Å². The number of carbonyl (C=O) groups is 1. The number of rotatable bonds is 1. The molecule has 0 aliphatic carbocycles. The lowest BCUT2D eigenvalue weighted by Crippen LogP contribution is -1.98. The molecule has 0 saturated carbocycles. The van der Waals surface area contributed by atoms with Crippen LogP contribution in [0, 0.1) is 0 Å². The van der Waals surface area contributed by atoms with Gasteiger partial charge in [0.05, 0.1) is 11.2 Å². The van der Waals surface area contributed by atoms with E-state index in [-0.39, 0.29) is 0 Å². The van der Waals surface area contributed by atoms with Gasteiger partial charge in [0.15, 0.2) is 6.29 Å². The third-order valence-electron chi connectivity index (χ3n) is 1.30. The maximum Gasteiger partial charge on any atom is 0.252 e. The van der Waals surface area contributed by atoms with E-state index in [4.69, 9.17) is 4.74 Å². The van der Waals surface area contributed by atoms with E-state index < -0.39 is 0 Å². The second kappa shape index (κ2) is 2.94. The zero-order valence-electron chi connectivity index (χ0n) is 5.93. The Hall–Kier alpha value is -1.36. The standard InChI is InChI=1S/C7H4N2O2S/c10-4-5-3-6-7(9-8-5)11-1-2-12-6/h1-4H.